The Bertz CT molecular complexity index is 601. The number of nitrogens with one attached hydrogen (secondary N) is 2. The molecule has 1 aromatic carbocycles. The molecular weight excluding hydrogens is 330 g/mol. The van der Waals surface area contributed by atoms with E-state index in [9.17, 15) is 4.79 Å². The van der Waals surface area contributed by atoms with E-state index in [4.69, 9.17) is 11.6 Å². The Morgan fingerprint density at radius 1 is 1.26 bits per heavy atom. The molecule has 2 rings (SSSR count). The molecule has 0 aliphatic heterocycles. The maximum Gasteiger partial charge on any atom is 0.274 e. The van der Waals surface area contributed by atoms with Crippen molar-refractivity contribution in [1.29, 1.82) is 0 Å². The van der Waals surface area contributed by atoms with E-state index in [0.717, 1.165) is 10.2 Å². The second kappa shape index (κ2) is 6.04. The maximum absolute atomic E-state index is 12.0. The Balaban J connectivity index is 2.13. The van der Waals surface area contributed by atoms with Crippen LogP contribution in [0.4, 0.5) is 11.4 Å². The number of nitrogens with zero attached hydrogens (tertiary/aromatic N) is 1. The fourth-order valence-electron chi connectivity index (χ4n) is 1.45. The zero-order valence-electron chi connectivity index (χ0n) is 10.1. The van der Waals surface area contributed by atoms with Crippen molar-refractivity contribution in [2.45, 2.75) is 0 Å². The predicted molar refractivity (Wildman–Crippen MR) is 80.9 cm³/mol. The smallest absolute Gasteiger partial charge is 0.274 e. The van der Waals surface area contributed by atoms with Gasteiger partial charge in [0, 0.05) is 17.2 Å². The molecule has 0 unspecified atom stereocenters. The summed E-state index contributed by atoms with van der Waals surface area (Å²) >= 11 is 9.25. The fraction of sp³-hybridized carbons (Fsp3) is 0.0769. The number of amides is 1. The van der Waals surface area contributed by atoms with Gasteiger partial charge >= 0.3 is 0 Å². The van der Waals surface area contributed by atoms with Gasteiger partial charge in [0.05, 0.1) is 16.9 Å². The summed E-state index contributed by atoms with van der Waals surface area (Å²) in [6.45, 7) is 0. The first-order chi connectivity index (χ1) is 9.10. The largest absolute Gasteiger partial charge is 0.387 e. The molecule has 1 heterocycles. The van der Waals surface area contributed by atoms with Crippen molar-refractivity contribution in [3.8, 4) is 0 Å². The first-order valence-electron chi connectivity index (χ1n) is 5.50. The Morgan fingerprint density at radius 3 is 2.58 bits per heavy atom. The van der Waals surface area contributed by atoms with Crippen LogP contribution >= 0.6 is 27.5 Å². The Hall–Kier alpha value is -1.59. The molecule has 1 aromatic heterocycles. The van der Waals surface area contributed by atoms with Crippen LogP contribution in [0.2, 0.25) is 5.02 Å². The molecular formula is C13H11BrClN3O. The molecule has 2 aromatic rings. The summed E-state index contributed by atoms with van der Waals surface area (Å²) in [6, 6.07) is 8.65. The topological polar surface area (TPSA) is 54.0 Å². The Labute approximate surface area is 124 Å². The molecule has 0 aliphatic carbocycles. The van der Waals surface area contributed by atoms with Crippen LogP contribution in [-0.4, -0.2) is 17.9 Å². The third-order valence-electron chi connectivity index (χ3n) is 2.46. The van der Waals surface area contributed by atoms with Gasteiger partial charge in [0.1, 0.15) is 5.69 Å². The third-order valence-corrected chi connectivity index (χ3v) is 3.69. The number of anilines is 2. The number of pyridine rings is 1. The van der Waals surface area contributed by atoms with Gasteiger partial charge in [-0.2, -0.15) is 0 Å². The van der Waals surface area contributed by atoms with E-state index in [1.165, 1.54) is 0 Å². The quantitative estimate of drug-likeness (QED) is 0.894. The molecule has 1 amide bonds. The molecule has 4 nitrogen and oxygen atoms in total. The summed E-state index contributed by atoms with van der Waals surface area (Å²) in [7, 11) is 1.79. The van der Waals surface area contributed by atoms with Crippen LogP contribution < -0.4 is 10.6 Å². The van der Waals surface area contributed by atoms with Gasteiger partial charge in [-0.15, -0.1) is 0 Å². The van der Waals surface area contributed by atoms with Crippen molar-refractivity contribution in [2.24, 2.45) is 0 Å². The zero-order chi connectivity index (χ0) is 13.8. The number of hydrogen-bond acceptors (Lipinski definition) is 3. The monoisotopic (exact) mass is 339 g/mol. The SMILES string of the molecule is CNc1ccc(C(=O)Nc2ccc(Br)c(Cl)c2)nc1. The predicted octanol–water partition coefficient (Wildman–Crippen LogP) is 3.79. The van der Waals surface area contributed by atoms with E-state index >= 15 is 0 Å². The van der Waals surface area contributed by atoms with Gasteiger partial charge in [-0.3, -0.25) is 4.79 Å². The summed E-state index contributed by atoms with van der Waals surface area (Å²) in [6.07, 6.45) is 1.60. The van der Waals surface area contributed by atoms with Crippen molar-refractivity contribution in [3.63, 3.8) is 0 Å². The third kappa shape index (κ3) is 3.45. The van der Waals surface area contributed by atoms with Crippen LogP contribution in [0.15, 0.2) is 41.0 Å². The van der Waals surface area contributed by atoms with Crippen LogP contribution in [0.1, 0.15) is 10.5 Å². The number of aromatic nitrogens is 1. The lowest BCUT2D eigenvalue weighted by atomic mass is 10.3. The van der Waals surface area contributed by atoms with Crippen LogP contribution in [0, 0.1) is 0 Å². The molecule has 0 saturated heterocycles. The van der Waals surface area contributed by atoms with E-state index in [0.29, 0.717) is 16.4 Å². The van der Waals surface area contributed by atoms with E-state index in [-0.39, 0.29) is 5.91 Å². The van der Waals surface area contributed by atoms with Crippen molar-refractivity contribution >= 4 is 44.8 Å². The fourth-order valence-corrected chi connectivity index (χ4v) is 1.87. The summed E-state index contributed by atoms with van der Waals surface area (Å²) < 4.78 is 0.781. The average Bonchev–Trinajstić information content (AvgIpc) is 2.43. The maximum atomic E-state index is 12.0. The van der Waals surface area contributed by atoms with E-state index < -0.39 is 0 Å². The van der Waals surface area contributed by atoms with Gasteiger partial charge in [0.2, 0.25) is 0 Å². The van der Waals surface area contributed by atoms with Crippen molar-refractivity contribution in [3.05, 3.63) is 51.7 Å². The summed E-state index contributed by atoms with van der Waals surface area (Å²) in [5, 5.41) is 6.21. The molecule has 0 aliphatic rings. The normalized spacial score (nSPS) is 10.1. The first kappa shape index (κ1) is 13.8. The van der Waals surface area contributed by atoms with Gasteiger partial charge in [-0.1, -0.05) is 11.6 Å². The Morgan fingerprint density at radius 2 is 2.00 bits per heavy atom. The molecule has 0 atom stereocenters. The van der Waals surface area contributed by atoms with Gasteiger partial charge in [0.15, 0.2) is 0 Å². The highest BCUT2D eigenvalue weighted by atomic mass is 79.9. The summed E-state index contributed by atoms with van der Waals surface area (Å²) in [4.78, 5) is 16.0. The van der Waals surface area contributed by atoms with Crippen molar-refractivity contribution < 1.29 is 4.79 Å². The number of halogens is 2. The number of benzene rings is 1. The number of carbonyl (C=O) groups is 1. The lowest BCUT2D eigenvalue weighted by Crippen LogP contribution is -2.13. The van der Waals surface area contributed by atoms with Gasteiger partial charge in [-0.25, -0.2) is 4.98 Å². The lowest BCUT2D eigenvalue weighted by molar-refractivity contribution is 0.102. The highest BCUT2D eigenvalue weighted by Crippen LogP contribution is 2.25. The first-order valence-corrected chi connectivity index (χ1v) is 6.67. The van der Waals surface area contributed by atoms with E-state index in [1.54, 1.807) is 43.6 Å². The van der Waals surface area contributed by atoms with Crippen molar-refractivity contribution in [2.75, 3.05) is 17.7 Å². The number of hydrogen-bond donors (Lipinski definition) is 2. The summed E-state index contributed by atoms with van der Waals surface area (Å²) in [5.41, 5.74) is 1.82. The van der Waals surface area contributed by atoms with E-state index in [1.807, 2.05) is 0 Å². The van der Waals surface area contributed by atoms with Gasteiger partial charge in [0.25, 0.3) is 5.91 Å². The molecule has 19 heavy (non-hydrogen) atoms. The highest BCUT2D eigenvalue weighted by Gasteiger charge is 2.08. The average molecular weight is 341 g/mol. The molecule has 0 radical (unpaired) electrons. The van der Waals surface area contributed by atoms with Crippen LogP contribution in [-0.2, 0) is 0 Å². The minimum atomic E-state index is -0.277. The summed E-state index contributed by atoms with van der Waals surface area (Å²) in [5.74, 6) is -0.277. The molecule has 2 N–H and O–H groups in total. The van der Waals surface area contributed by atoms with E-state index in [2.05, 4.69) is 31.5 Å². The second-order valence-electron chi connectivity index (χ2n) is 3.77. The molecule has 0 saturated carbocycles. The minimum absolute atomic E-state index is 0.277. The number of rotatable bonds is 3. The van der Waals surface area contributed by atoms with Gasteiger partial charge < -0.3 is 10.6 Å². The highest BCUT2D eigenvalue weighted by molar-refractivity contribution is 9.10. The van der Waals surface area contributed by atoms with Gasteiger partial charge in [-0.05, 0) is 46.3 Å². The lowest BCUT2D eigenvalue weighted by Gasteiger charge is -2.06. The van der Waals surface area contributed by atoms with Crippen LogP contribution in [0.25, 0.3) is 0 Å². The van der Waals surface area contributed by atoms with Crippen LogP contribution in [0.5, 0.6) is 0 Å². The molecule has 0 bridgehead atoms. The molecule has 6 heteroatoms. The van der Waals surface area contributed by atoms with Crippen molar-refractivity contribution in [1.82, 2.24) is 4.98 Å². The minimum Gasteiger partial charge on any atom is -0.387 e. The molecule has 98 valence electrons. The molecule has 0 spiro atoms. The zero-order valence-corrected chi connectivity index (χ0v) is 12.4. The Kier molecular flexibility index (Phi) is 4.39. The standard InChI is InChI=1S/C13H11BrClN3O/c1-16-9-3-5-12(17-7-9)13(19)18-8-2-4-10(14)11(15)6-8/h2-7,16H,1H3,(H,18,19). The van der Waals surface area contributed by atoms with Crippen LogP contribution in [0.3, 0.4) is 0 Å². The molecule has 0 fully saturated rings. The second-order valence-corrected chi connectivity index (χ2v) is 5.03. The number of carbonyl (C=O) groups excluding carboxylic acids is 1.